The van der Waals surface area contributed by atoms with Crippen LogP contribution in [0, 0.1) is 0 Å². The molecule has 0 atom stereocenters. The van der Waals surface area contributed by atoms with E-state index < -0.39 is 0 Å². The number of benzene rings is 2. The van der Waals surface area contributed by atoms with Gasteiger partial charge in [0.25, 0.3) is 0 Å². The first kappa shape index (κ1) is 15.6. The fourth-order valence-corrected chi connectivity index (χ4v) is 2.09. The molecule has 1 amide bonds. The molecular weight excluding hydrogens is 278 g/mol. The fourth-order valence-electron chi connectivity index (χ4n) is 2.09. The van der Waals surface area contributed by atoms with Gasteiger partial charge in [0.15, 0.2) is 11.5 Å². The number of carbonyl (C=O) groups is 1. The van der Waals surface area contributed by atoms with Gasteiger partial charge in [-0.25, -0.2) is 0 Å². The molecule has 1 N–H and O–H groups in total. The normalized spacial score (nSPS) is 10.5. The maximum Gasteiger partial charge on any atom is 0.221 e. The van der Waals surface area contributed by atoms with Gasteiger partial charge in [0.2, 0.25) is 5.91 Å². The van der Waals surface area contributed by atoms with Gasteiger partial charge in [-0.15, -0.1) is 0 Å². The van der Waals surface area contributed by atoms with Gasteiger partial charge in [0.1, 0.15) is 0 Å². The summed E-state index contributed by atoms with van der Waals surface area (Å²) in [5.74, 6) is 1.28. The summed E-state index contributed by atoms with van der Waals surface area (Å²) in [6.45, 7) is 1.49. The summed E-state index contributed by atoms with van der Waals surface area (Å²) in [5.41, 5.74) is 2.70. The molecule has 2 aromatic rings. The Labute approximate surface area is 130 Å². The van der Waals surface area contributed by atoms with Crippen LogP contribution in [0.1, 0.15) is 18.1 Å². The van der Waals surface area contributed by atoms with E-state index in [1.165, 1.54) is 6.92 Å². The number of hydrogen-bond acceptors (Lipinski definition) is 3. The molecule has 4 nitrogen and oxygen atoms in total. The Balaban J connectivity index is 2.27. The largest absolute Gasteiger partial charge is 0.493 e. The number of ether oxygens (including phenoxy) is 2. The minimum atomic E-state index is -0.0908. The minimum Gasteiger partial charge on any atom is -0.493 e. The second-order valence-corrected chi connectivity index (χ2v) is 4.72. The Morgan fingerprint density at radius 1 is 1.00 bits per heavy atom. The molecule has 2 aromatic carbocycles. The Bertz CT molecular complexity index is 692. The van der Waals surface area contributed by atoms with Crippen LogP contribution in [0.3, 0.4) is 0 Å². The number of rotatable bonds is 5. The first-order valence-electron chi connectivity index (χ1n) is 6.90. The predicted molar refractivity (Wildman–Crippen MR) is 89.2 cm³/mol. The summed E-state index contributed by atoms with van der Waals surface area (Å²) < 4.78 is 10.5. The number of hydrogen-bond donors (Lipinski definition) is 1. The van der Waals surface area contributed by atoms with Gasteiger partial charge >= 0.3 is 0 Å². The van der Waals surface area contributed by atoms with Gasteiger partial charge in [-0.3, -0.25) is 4.79 Å². The third kappa shape index (κ3) is 3.88. The van der Waals surface area contributed by atoms with Crippen LogP contribution in [0.4, 0.5) is 5.69 Å². The highest BCUT2D eigenvalue weighted by molar-refractivity contribution is 5.92. The van der Waals surface area contributed by atoms with E-state index in [2.05, 4.69) is 5.32 Å². The van der Waals surface area contributed by atoms with Crippen LogP contribution in [0.25, 0.3) is 12.2 Å². The molecule has 0 aliphatic rings. The standard InChI is InChI=1S/C18H19NO3/c1-13(20)19-16-7-5-4-6-15(16)10-8-14-9-11-17(21-2)18(12-14)22-3/h4-12H,1-3H3,(H,19,20). The lowest BCUT2D eigenvalue weighted by Crippen LogP contribution is -2.06. The second-order valence-electron chi connectivity index (χ2n) is 4.72. The van der Waals surface area contributed by atoms with Crippen molar-refractivity contribution in [1.82, 2.24) is 0 Å². The Kier molecular flexibility index (Phi) is 5.20. The van der Waals surface area contributed by atoms with Crippen molar-refractivity contribution in [3.63, 3.8) is 0 Å². The summed E-state index contributed by atoms with van der Waals surface area (Å²) in [6.07, 6.45) is 3.91. The van der Waals surface area contributed by atoms with E-state index in [1.54, 1.807) is 14.2 Å². The number of nitrogens with one attached hydrogen (secondary N) is 1. The van der Waals surface area contributed by atoms with Crippen LogP contribution in [0.15, 0.2) is 42.5 Å². The van der Waals surface area contributed by atoms with E-state index in [1.807, 2.05) is 54.6 Å². The number of methoxy groups -OCH3 is 2. The highest BCUT2D eigenvalue weighted by Gasteiger charge is 2.03. The van der Waals surface area contributed by atoms with Crippen molar-refractivity contribution >= 4 is 23.7 Å². The molecular formula is C18H19NO3. The van der Waals surface area contributed by atoms with E-state index >= 15 is 0 Å². The average Bonchev–Trinajstić information content (AvgIpc) is 2.53. The van der Waals surface area contributed by atoms with Crippen LogP contribution < -0.4 is 14.8 Å². The monoisotopic (exact) mass is 297 g/mol. The van der Waals surface area contributed by atoms with E-state index in [0.29, 0.717) is 11.5 Å². The lowest BCUT2D eigenvalue weighted by molar-refractivity contribution is -0.114. The van der Waals surface area contributed by atoms with Crippen molar-refractivity contribution in [3.8, 4) is 11.5 Å². The third-order valence-electron chi connectivity index (χ3n) is 3.13. The first-order chi connectivity index (χ1) is 10.6. The van der Waals surface area contributed by atoms with Crippen LogP contribution in [-0.2, 0) is 4.79 Å². The fraction of sp³-hybridized carbons (Fsp3) is 0.167. The third-order valence-corrected chi connectivity index (χ3v) is 3.13. The van der Waals surface area contributed by atoms with Gasteiger partial charge in [0.05, 0.1) is 14.2 Å². The first-order valence-corrected chi connectivity index (χ1v) is 6.90. The maximum absolute atomic E-state index is 11.2. The zero-order chi connectivity index (χ0) is 15.9. The quantitative estimate of drug-likeness (QED) is 0.853. The van der Waals surface area contributed by atoms with Gasteiger partial charge in [-0.2, -0.15) is 0 Å². The minimum absolute atomic E-state index is 0.0908. The SMILES string of the molecule is COc1ccc(C=Cc2ccccc2NC(C)=O)cc1OC. The Hall–Kier alpha value is -2.75. The molecule has 0 aliphatic heterocycles. The van der Waals surface area contributed by atoms with Crippen LogP contribution in [-0.4, -0.2) is 20.1 Å². The summed E-state index contributed by atoms with van der Waals surface area (Å²) >= 11 is 0. The molecule has 0 saturated heterocycles. The van der Waals surface area contributed by atoms with E-state index in [-0.39, 0.29) is 5.91 Å². The highest BCUT2D eigenvalue weighted by atomic mass is 16.5. The number of carbonyl (C=O) groups excluding carboxylic acids is 1. The molecule has 0 radical (unpaired) electrons. The molecule has 2 rings (SSSR count). The zero-order valence-electron chi connectivity index (χ0n) is 12.9. The molecule has 0 saturated carbocycles. The van der Waals surface area contributed by atoms with Crippen LogP contribution in [0.5, 0.6) is 11.5 Å². The van der Waals surface area contributed by atoms with E-state index in [0.717, 1.165) is 16.8 Å². The number of anilines is 1. The topological polar surface area (TPSA) is 47.6 Å². The van der Waals surface area contributed by atoms with E-state index in [4.69, 9.17) is 9.47 Å². The molecule has 0 bridgehead atoms. The molecule has 0 unspecified atom stereocenters. The molecule has 0 aliphatic carbocycles. The number of para-hydroxylation sites is 1. The smallest absolute Gasteiger partial charge is 0.221 e. The average molecular weight is 297 g/mol. The van der Waals surface area contributed by atoms with Crippen molar-refractivity contribution in [2.75, 3.05) is 19.5 Å². The van der Waals surface area contributed by atoms with Crippen molar-refractivity contribution in [2.45, 2.75) is 6.92 Å². The summed E-state index contributed by atoms with van der Waals surface area (Å²) in [7, 11) is 3.22. The van der Waals surface area contributed by atoms with Crippen LogP contribution >= 0.6 is 0 Å². The van der Waals surface area contributed by atoms with Crippen LogP contribution in [0.2, 0.25) is 0 Å². The molecule has 22 heavy (non-hydrogen) atoms. The van der Waals surface area contributed by atoms with E-state index in [9.17, 15) is 4.79 Å². The van der Waals surface area contributed by atoms with Crippen molar-refractivity contribution < 1.29 is 14.3 Å². The molecule has 0 aromatic heterocycles. The summed E-state index contributed by atoms with van der Waals surface area (Å²) in [6, 6.07) is 13.3. The number of amides is 1. The maximum atomic E-state index is 11.2. The molecule has 0 fully saturated rings. The van der Waals surface area contributed by atoms with Gasteiger partial charge in [-0.1, -0.05) is 36.4 Å². The molecule has 114 valence electrons. The zero-order valence-corrected chi connectivity index (χ0v) is 12.9. The second kappa shape index (κ2) is 7.31. The Morgan fingerprint density at radius 3 is 2.41 bits per heavy atom. The lowest BCUT2D eigenvalue weighted by atomic mass is 10.1. The molecule has 0 heterocycles. The highest BCUT2D eigenvalue weighted by Crippen LogP contribution is 2.28. The summed E-state index contributed by atoms with van der Waals surface area (Å²) in [4.78, 5) is 11.2. The molecule has 0 spiro atoms. The van der Waals surface area contributed by atoms with Gasteiger partial charge in [0, 0.05) is 12.6 Å². The predicted octanol–water partition coefficient (Wildman–Crippen LogP) is 3.83. The summed E-state index contributed by atoms with van der Waals surface area (Å²) in [5, 5.41) is 2.82. The van der Waals surface area contributed by atoms with Crippen molar-refractivity contribution in [1.29, 1.82) is 0 Å². The van der Waals surface area contributed by atoms with Crippen molar-refractivity contribution in [3.05, 3.63) is 53.6 Å². The Morgan fingerprint density at radius 2 is 1.73 bits per heavy atom. The molecule has 4 heteroatoms. The lowest BCUT2D eigenvalue weighted by Gasteiger charge is -2.08. The van der Waals surface area contributed by atoms with Gasteiger partial charge < -0.3 is 14.8 Å². The van der Waals surface area contributed by atoms with Crippen molar-refractivity contribution in [2.24, 2.45) is 0 Å². The van der Waals surface area contributed by atoms with Gasteiger partial charge in [-0.05, 0) is 29.3 Å².